The number of likely N-dealkylation sites (N-methyl/N-ethyl adjacent to an activating group) is 1. The first-order valence-electron chi connectivity index (χ1n) is 10.5. The molecular formula is C25H27N3O4. The van der Waals surface area contributed by atoms with Gasteiger partial charge in [-0.1, -0.05) is 42.5 Å². The number of rotatable bonds is 7. The van der Waals surface area contributed by atoms with Gasteiger partial charge in [-0.25, -0.2) is 4.79 Å². The van der Waals surface area contributed by atoms with E-state index in [2.05, 4.69) is 27.7 Å². The van der Waals surface area contributed by atoms with Crippen LogP contribution >= 0.6 is 0 Å². The van der Waals surface area contributed by atoms with Gasteiger partial charge >= 0.3 is 6.03 Å². The van der Waals surface area contributed by atoms with E-state index in [0.29, 0.717) is 12.2 Å². The van der Waals surface area contributed by atoms with Crippen molar-refractivity contribution in [1.29, 1.82) is 0 Å². The molecule has 0 saturated carbocycles. The first-order valence-corrected chi connectivity index (χ1v) is 10.5. The molecule has 1 heterocycles. The molecule has 0 bridgehead atoms. The Labute approximate surface area is 187 Å². The maximum Gasteiger partial charge on any atom is 0.322 e. The van der Waals surface area contributed by atoms with Crippen molar-refractivity contribution >= 4 is 22.7 Å². The second-order valence-electron chi connectivity index (χ2n) is 8.51. The zero-order valence-electron chi connectivity index (χ0n) is 18.4. The molecule has 3 amide bonds. The molecule has 3 aromatic carbocycles. The molecule has 0 unspecified atom stereocenters. The van der Waals surface area contributed by atoms with Crippen LogP contribution in [0.2, 0.25) is 0 Å². The van der Waals surface area contributed by atoms with Gasteiger partial charge in [-0.3, -0.25) is 10.1 Å². The maximum atomic E-state index is 12.1. The number of carbonyl (C=O) groups excluding carboxylic acids is 2. The topological polar surface area (TPSA) is 90.9 Å². The van der Waals surface area contributed by atoms with Gasteiger partial charge in [-0.2, -0.15) is 0 Å². The van der Waals surface area contributed by atoms with Gasteiger partial charge in [0.1, 0.15) is 24.0 Å². The van der Waals surface area contributed by atoms with Gasteiger partial charge in [0.15, 0.2) is 0 Å². The predicted octanol–water partition coefficient (Wildman–Crippen LogP) is 3.08. The molecule has 1 fully saturated rings. The molecule has 32 heavy (non-hydrogen) atoms. The molecule has 0 spiro atoms. The highest BCUT2D eigenvalue weighted by molar-refractivity contribution is 6.07. The van der Waals surface area contributed by atoms with Crippen molar-refractivity contribution < 1.29 is 19.4 Å². The van der Waals surface area contributed by atoms with Crippen LogP contribution < -0.4 is 15.4 Å². The number of nitrogens with zero attached hydrogens (tertiary/aromatic N) is 1. The van der Waals surface area contributed by atoms with Gasteiger partial charge in [-0.15, -0.1) is 0 Å². The zero-order chi connectivity index (χ0) is 22.9. The quantitative estimate of drug-likeness (QED) is 0.498. The Balaban J connectivity index is 1.51. The van der Waals surface area contributed by atoms with Crippen LogP contribution in [-0.4, -0.2) is 54.7 Å². The minimum Gasteiger partial charge on any atom is -0.492 e. The van der Waals surface area contributed by atoms with E-state index in [1.807, 2.05) is 50.5 Å². The molecule has 1 aliphatic rings. The van der Waals surface area contributed by atoms with Gasteiger partial charge in [0, 0.05) is 6.54 Å². The number of aliphatic hydroxyl groups excluding tert-OH is 1. The largest absolute Gasteiger partial charge is 0.492 e. The van der Waals surface area contributed by atoms with Crippen LogP contribution in [0, 0.1) is 0 Å². The first kappa shape index (κ1) is 21.8. The Morgan fingerprint density at radius 1 is 0.969 bits per heavy atom. The summed E-state index contributed by atoms with van der Waals surface area (Å²) >= 11 is 0. The summed E-state index contributed by atoms with van der Waals surface area (Å²) in [5.74, 6) is 0.306. The Morgan fingerprint density at radius 3 is 2.28 bits per heavy atom. The number of aliphatic hydroxyl groups is 1. The van der Waals surface area contributed by atoms with E-state index in [-0.39, 0.29) is 0 Å². The number of hydrogen-bond donors (Lipinski definition) is 3. The van der Waals surface area contributed by atoms with Gasteiger partial charge in [0.25, 0.3) is 5.91 Å². The highest BCUT2D eigenvalue weighted by Gasteiger charge is 2.48. The number of fused-ring (bicyclic) bond motifs is 1. The molecule has 4 rings (SSSR count). The van der Waals surface area contributed by atoms with Crippen LogP contribution in [0.3, 0.4) is 0 Å². The van der Waals surface area contributed by atoms with Gasteiger partial charge in [0.2, 0.25) is 0 Å². The normalized spacial score (nSPS) is 19.2. The lowest BCUT2D eigenvalue weighted by atomic mass is 9.88. The van der Waals surface area contributed by atoms with Crippen LogP contribution in [0.15, 0.2) is 60.7 Å². The molecule has 1 aliphatic heterocycles. The number of ether oxygens (including phenoxy) is 1. The average molecular weight is 434 g/mol. The Morgan fingerprint density at radius 2 is 1.62 bits per heavy atom. The number of urea groups is 1. The van der Waals surface area contributed by atoms with Crippen molar-refractivity contribution in [2.45, 2.75) is 18.6 Å². The molecule has 0 aromatic heterocycles. The second-order valence-corrected chi connectivity index (χ2v) is 8.51. The van der Waals surface area contributed by atoms with Crippen molar-refractivity contribution in [2.24, 2.45) is 0 Å². The molecule has 2 atom stereocenters. The Bertz CT molecular complexity index is 1160. The molecular weight excluding hydrogens is 406 g/mol. The number of benzene rings is 3. The van der Waals surface area contributed by atoms with Crippen molar-refractivity contribution in [3.05, 3.63) is 66.2 Å². The third kappa shape index (κ3) is 4.30. The van der Waals surface area contributed by atoms with Crippen LogP contribution in [0.5, 0.6) is 5.75 Å². The summed E-state index contributed by atoms with van der Waals surface area (Å²) in [6.07, 6.45) is -1.16. The third-order valence-electron chi connectivity index (χ3n) is 5.80. The highest BCUT2D eigenvalue weighted by atomic mass is 16.5. The van der Waals surface area contributed by atoms with E-state index in [1.54, 1.807) is 12.1 Å². The molecule has 7 heteroatoms. The minimum absolute atomic E-state index is 0.543. The molecule has 1 saturated heterocycles. The van der Waals surface area contributed by atoms with Crippen LogP contribution in [0.4, 0.5) is 4.79 Å². The standard InChI is InChI=1S/C25H27N3O4/c1-25(23(30)26-24(31)27-25)22(29)17-6-4-16(5-7-17)18-8-9-20-15-21(11-10-19(20)14-18)32-13-12-28(2)3/h4-11,14-15,22,29H,12-13H2,1-3H3,(H2,26,27,30,31)/t22-,25-/m1/s1. The Hall–Kier alpha value is -3.42. The summed E-state index contributed by atoms with van der Waals surface area (Å²) in [6.45, 7) is 3.00. The smallest absolute Gasteiger partial charge is 0.322 e. The summed E-state index contributed by atoms with van der Waals surface area (Å²) in [6, 6.07) is 19.0. The second kappa shape index (κ2) is 8.61. The molecule has 3 N–H and O–H groups in total. The van der Waals surface area contributed by atoms with Crippen molar-refractivity contribution in [1.82, 2.24) is 15.5 Å². The van der Waals surface area contributed by atoms with Gasteiger partial charge < -0.3 is 20.1 Å². The summed E-state index contributed by atoms with van der Waals surface area (Å²) in [5.41, 5.74) is 1.18. The molecule has 0 aliphatic carbocycles. The number of amides is 3. The molecule has 0 radical (unpaired) electrons. The fraction of sp³-hybridized carbons (Fsp3) is 0.280. The minimum atomic E-state index is -1.39. The fourth-order valence-corrected chi connectivity index (χ4v) is 3.78. The SMILES string of the molecule is CN(C)CCOc1ccc2cc(-c3ccc([C@@H](O)[C@@]4(C)NC(=O)NC4=O)cc3)ccc2c1. The lowest BCUT2D eigenvalue weighted by molar-refractivity contribution is -0.127. The number of carbonyl (C=O) groups is 2. The number of nitrogens with one attached hydrogen (secondary N) is 2. The van der Waals surface area contributed by atoms with Crippen molar-refractivity contribution in [3.63, 3.8) is 0 Å². The summed E-state index contributed by atoms with van der Waals surface area (Å²) < 4.78 is 5.82. The lowest BCUT2D eigenvalue weighted by Crippen LogP contribution is -2.49. The predicted molar refractivity (Wildman–Crippen MR) is 123 cm³/mol. The first-order chi connectivity index (χ1) is 15.3. The van der Waals surface area contributed by atoms with Gasteiger partial charge in [0.05, 0.1) is 0 Å². The highest BCUT2D eigenvalue weighted by Crippen LogP contribution is 2.31. The van der Waals surface area contributed by atoms with E-state index in [4.69, 9.17) is 4.74 Å². The lowest BCUT2D eigenvalue weighted by Gasteiger charge is -2.27. The van der Waals surface area contributed by atoms with Crippen LogP contribution in [0.25, 0.3) is 21.9 Å². The zero-order valence-corrected chi connectivity index (χ0v) is 18.4. The van der Waals surface area contributed by atoms with E-state index in [0.717, 1.165) is 34.2 Å². The molecule has 3 aromatic rings. The summed E-state index contributed by atoms with van der Waals surface area (Å²) in [7, 11) is 4.03. The fourth-order valence-electron chi connectivity index (χ4n) is 3.78. The van der Waals surface area contributed by atoms with Crippen LogP contribution in [-0.2, 0) is 4.79 Å². The molecule has 7 nitrogen and oxygen atoms in total. The van der Waals surface area contributed by atoms with E-state index < -0.39 is 23.6 Å². The third-order valence-corrected chi connectivity index (χ3v) is 5.80. The van der Waals surface area contributed by atoms with Crippen LogP contribution in [0.1, 0.15) is 18.6 Å². The average Bonchev–Trinajstić information content (AvgIpc) is 3.04. The van der Waals surface area contributed by atoms with E-state index in [9.17, 15) is 14.7 Å². The molecule has 166 valence electrons. The van der Waals surface area contributed by atoms with Gasteiger partial charge in [-0.05, 0) is 66.7 Å². The Kier molecular flexibility index (Phi) is 5.86. The number of hydrogen-bond acceptors (Lipinski definition) is 5. The number of imide groups is 1. The summed E-state index contributed by atoms with van der Waals surface area (Å²) in [5, 5.41) is 17.6. The van der Waals surface area contributed by atoms with E-state index in [1.165, 1.54) is 6.92 Å². The maximum absolute atomic E-state index is 12.1. The van der Waals surface area contributed by atoms with Crippen molar-refractivity contribution in [2.75, 3.05) is 27.2 Å². The monoisotopic (exact) mass is 433 g/mol. The summed E-state index contributed by atoms with van der Waals surface area (Å²) in [4.78, 5) is 25.6. The van der Waals surface area contributed by atoms with E-state index >= 15 is 0 Å². The van der Waals surface area contributed by atoms with Crippen molar-refractivity contribution in [3.8, 4) is 16.9 Å².